The van der Waals surface area contributed by atoms with E-state index in [-0.39, 0.29) is 18.3 Å². The Hall–Kier alpha value is -3.56. The Morgan fingerprint density at radius 1 is 1.00 bits per heavy atom. The largest absolute Gasteiger partial charge is 0.378 e. The van der Waals surface area contributed by atoms with Crippen LogP contribution < -0.4 is 20.9 Å². The molecule has 1 aliphatic heterocycles. The molecule has 3 amide bonds. The van der Waals surface area contributed by atoms with Crippen molar-refractivity contribution in [2.75, 3.05) is 48.1 Å². The molecule has 0 unspecified atom stereocenters. The van der Waals surface area contributed by atoms with Crippen molar-refractivity contribution in [1.29, 1.82) is 0 Å². The van der Waals surface area contributed by atoms with E-state index in [1.807, 2.05) is 36.6 Å². The lowest BCUT2D eigenvalue weighted by atomic mass is 10.1. The number of nitrogens with zero attached hydrogens (tertiary/aromatic N) is 1. The quantitative estimate of drug-likeness (QED) is 0.405. The van der Waals surface area contributed by atoms with Crippen molar-refractivity contribution in [3.8, 4) is 0 Å². The van der Waals surface area contributed by atoms with E-state index in [1.165, 1.54) is 12.1 Å². The van der Waals surface area contributed by atoms with E-state index in [0.717, 1.165) is 10.6 Å². The first kappa shape index (κ1) is 24.6. The second-order valence-corrected chi connectivity index (χ2v) is 8.83. The molecule has 0 bridgehead atoms. The number of carbonyl (C=O) groups is 2. The number of ether oxygens (including phenoxy) is 1. The zero-order valence-electron chi connectivity index (χ0n) is 19.3. The maximum Gasteiger partial charge on any atom is 0.323 e. The van der Waals surface area contributed by atoms with Gasteiger partial charge in [-0.05, 0) is 60.4 Å². The van der Waals surface area contributed by atoms with Gasteiger partial charge in [0, 0.05) is 35.8 Å². The molecule has 3 aromatic carbocycles. The van der Waals surface area contributed by atoms with Crippen LogP contribution in [0.5, 0.6) is 0 Å². The second kappa shape index (κ2) is 11.7. The number of nitrogens with one attached hydrogen (secondary N) is 3. The van der Waals surface area contributed by atoms with Crippen LogP contribution in [0.3, 0.4) is 0 Å². The van der Waals surface area contributed by atoms with Gasteiger partial charge in [-0.1, -0.05) is 18.2 Å². The molecule has 1 fully saturated rings. The van der Waals surface area contributed by atoms with Crippen molar-refractivity contribution in [1.82, 2.24) is 5.32 Å². The van der Waals surface area contributed by atoms with Crippen LogP contribution in [0.4, 0.5) is 26.2 Å². The van der Waals surface area contributed by atoms with Gasteiger partial charge in [-0.15, -0.1) is 11.8 Å². The van der Waals surface area contributed by atoms with Gasteiger partial charge in [0.05, 0.1) is 24.6 Å². The SMILES string of the molecule is CSc1cccc(NC(=O)Nc2cc(C(=O)NCc3cccc(F)c3)ccc2N2CCOCC2)c1. The number of hydrogen-bond donors (Lipinski definition) is 3. The lowest BCUT2D eigenvalue weighted by Crippen LogP contribution is -2.37. The molecule has 1 saturated heterocycles. The van der Waals surface area contributed by atoms with E-state index in [9.17, 15) is 14.0 Å². The van der Waals surface area contributed by atoms with E-state index in [2.05, 4.69) is 20.9 Å². The van der Waals surface area contributed by atoms with E-state index in [0.29, 0.717) is 48.8 Å². The van der Waals surface area contributed by atoms with Crippen LogP contribution in [0.25, 0.3) is 0 Å². The number of rotatable bonds is 7. The zero-order valence-corrected chi connectivity index (χ0v) is 20.2. The highest BCUT2D eigenvalue weighted by Crippen LogP contribution is 2.29. The number of carbonyl (C=O) groups excluding carboxylic acids is 2. The monoisotopic (exact) mass is 494 g/mol. The summed E-state index contributed by atoms with van der Waals surface area (Å²) in [6, 6.07) is 18.4. The fraction of sp³-hybridized carbons (Fsp3) is 0.231. The van der Waals surface area contributed by atoms with Crippen LogP contribution in [-0.2, 0) is 11.3 Å². The van der Waals surface area contributed by atoms with Crippen LogP contribution in [0.1, 0.15) is 15.9 Å². The molecule has 0 atom stereocenters. The predicted octanol–water partition coefficient (Wildman–Crippen LogP) is 4.96. The summed E-state index contributed by atoms with van der Waals surface area (Å²) < 4.78 is 18.9. The van der Waals surface area contributed by atoms with E-state index < -0.39 is 6.03 Å². The summed E-state index contributed by atoms with van der Waals surface area (Å²) >= 11 is 1.59. The molecular formula is C26H27FN4O3S. The Bertz CT molecular complexity index is 1200. The Labute approximate surface area is 208 Å². The number of urea groups is 1. The van der Waals surface area contributed by atoms with Crippen LogP contribution >= 0.6 is 11.8 Å². The number of anilines is 3. The summed E-state index contributed by atoms with van der Waals surface area (Å²) in [6.07, 6.45) is 1.97. The fourth-order valence-electron chi connectivity index (χ4n) is 3.77. The van der Waals surface area contributed by atoms with Crippen molar-refractivity contribution in [3.05, 3.63) is 83.7 Å². The molecule has 0 spiro atoms. The number of hydrogen-bond acceptors (Lipinski definition) is 5. The van der Waals surface area contributed by atoms with E-state index in [1.54, 1.807) is 36.0 Å². The molecule has 0 saturated carbocycles. The first-order valence-electron chi connectivity index (χ1n) is 11.2. The summed E-state index contributed by atoms with van der Waals surface area (Å²) in [4.78, 5) is 28.8. The van der Waals surface area contributed by atoms with Crippen molar-refractivity contribution in [3.63, 3.8) is 0 Å². The number of amides is 3. The summed E-state index contributed by atoms with van der Waals surface area (Å²) in [5.41, 5.74) is 3.05. The molecule has 0 aromatic heterocycles. The van der Waals surface area contributed by atoms with Crippen molar-refractivity contribution < 1.29 is 18.7 Å². The number of benzene rings is 3. The third-order valence-electron chi connectivity index (χ3n) is 5.53. The van der Waals surface area contributed by atoms with Gasteiger partial charge < -0.3 is 25.6 Å². The standard InChI is InChI=1S/C26H27FN4O3S/c1-35-22-7-3-6-21(16-22)29-26(33)30-23-15-19(8-9-24(23)31-10-12-34-13-11-31)25(32)28-17-18-4-2-5-20(27)14-18/h2-9,14-16H,10-13,17H2,1H3,(H,28,32)(H2,29,30,33). The van der Waals surface area contributed by atoms with E-state index in [4.69, 9.17) is 4.74 Å². The Balaban J connectivity index is 1.52. The lowest BCUT2D eigenvalue weighted by Gasteiger charge is -2.30. The predicted molar refractivity (Wildman–Crippen MR) is 138 cm³/mol. The lowest BCUT2D eigenvalue weighted by molar-refractivity contribution is 0.0950. The molecule has 9 heteroatoms. The molecule has 0 aliphatic carbocycles. The normalized spacial score (nSPS) is 13.3. The Morgan fingerprint density at radius 3 is 2.57 bits per heavy atom. The van der Waals surface area contributed by atoms with Gasteiger partial charge in [0.2, 0.25) is 0 Å². The highest BCUT2D eigenvalue weighted by molar-refractivity contribution is 7.98. The molecule has 182 valence electrons. The second-order valence-electron chi connectivity index (χ2n) is 7.96. The van der Waals surface area contributed by atoms with Gasteiger partial charge in [0.15, 0.2) is 0 Å². The average Bonchev–Trinajstić information content (AvgIpc) is 2.88. The van der Waals surface area contributed by atoms with Crippen molar-refractivity contribution in [2.24, 2.45) is 0 Å². The highest BCUT2D eigenvalue weighted by atomic mass is 32.2. The first-order chi connectivity index (χ1) is 17.0. The van der Waals surface area contributed by atoms with Gasteiger partial charge in [-0.2, -0.15) is 0 Å². The Kier molecular flexibility index (Phi) is 8.23. The highest BCUT2D eigenvalue weighted by Gasteiger charge is 2.18. The topological polar surface area (TPSA) is 82.7 Å². The van der Waals surface area contributed by atoms with Crippen molar-refractivity contribution >= 4 is 40.8 Å². The molecule has 1 aliphatic rings. The molecule has 7 nitrogen and oxygen atoms in total. The summed E-state index contributed by atoms with van der Waals surface area (Å²) in [5, 5.41) is 8.56. The minimum Gasteiger partial charge on any atom is -0.378 e. The van der Waals surface area contributed by atoms with Crippen LogP contribution in [0.15, 0.2) is 71.6 Å². The number of morpholine rings is 1. The molecule has 3 aromatic rings. The maximum atomic E-state index is 13.4. The van der Waals surface area contributed by atoms with Gasteiger partial charge in [0.1, 0.15) is 5.82 Å². The minimum atomic E-state index is -0.407. The summed E-state index contributed by atoms with van der Waals surface area (Å²) in [5.74, 6) is -0.675. The molecule has 35 heavy (non-hydrogen) atoms. The summed E-state index contributed by atoms with van der Waals surface area (Å²) in [6.45, 7) is 2.72. The zero-order chi connectivity index (χ0) is 24.6. The number of halogens is 1. The maximum absolute atomic E-state index is 13.4. The smallest absolute Gasteiger partial charge is 0.323 e. The molecule has 4 rings (SSSR count). The van der Waals surface area contributed by atoms with Gasteiger partial charge >= 0.3 is 6.03 Å². The van der Waals surface area contributed by atoms with Gasteiger partial charge in [-0.3, -0.25) is 4.79 Å². The molecular weight excluding hydrogens is 467 g/mol. The van der Waals surface area contributed by atoms with Gasteiger partial charge in [0.25, 0.3) is 5.91 Å². The molecule has 3 N–H and O–H groups in total. The van der Waals surface area contributed by atoms with Gasteiger partial charge in [-0.25, -0.2) is 9.18 Å². The molecule has 1 heterocycles. The fourth-order valence-corrected chi connectivity index (χ4v) is 4.23. The third-order valence-corrected chi connectivity index (χ3v) is 6.25. The van der Waals surface area contributed by atoms with Crippen LogP contribution in [0, 0.1) is 5.82 Å². The van der Waals surface area contributed by atoms with E-state index >= 15 is 0 Å². The average molecular weight is 495 g/mol. The van der Waals surface area contributed by atoms with Crippen LogP contribution in [-0.4, -0.2) is 44.5 Å². The summed E-state index contributed by atoms with van der Waals surface area (Å²) in [7, 11) is 0. The van der Waals surface area contributed by atoms with Crippen molar-refractivity contribution in [2.45, 2.75) is 11.4 Å². The number of thioether (sulfide) groups is 1. The Morgan fingerprint density at radius 2 is 1.80 bits per heavy atom. The minimum absolute atomic E-state index is 0.191. The van der Waals surface area contributed by atoms with Crippen LogP contribution in [0.2, 0.25) is 0 Å². The molecule has 0 radical (unpaired) electrons. The first-order valence-corrected chi connectivity index (χ1v) is 12.5. The third kappa shape index (κ3) is 6.74.